The highest BCUT2D eigenvalue weighted by molar-refractivity contribution is 5.85. The summed E-state index contributed by atoms with van der Waals surface area (Å²) in [7, 11) is 0. The van der Waals surface area contributed by atoms with E-state index in [0.29, 0.717) is 12.8 Å². The van der Waals surface area contributed by atoms with E-state index in [-0.39, 0.29) is 24.3 Å². The van der Waals surface area contributed by atoms with E-state index in [2.05, 4.69) is 11.4 Å². The molecule has 0 saturated carbocycles. The van der Waals surface area contributed by atoms with Gasteiger partial charge in [0.25, 0.3) is 0 Å². The molecule has 0 aromatic heterocycles. The largest absolute Gasteiger partial charge is 0.481 e. The second-order valence-electron chi connectivity index (χ2n) is 6.62. The summed E-state index contributed by atoms with van der Waals surface area (Å²) in [6.45, 7) is 0. The van der Waals surface area contributed by atoms with Crippen LogP contribution in [0.1, 0.15) is 41.9 Å². The fraction of sp³-hybridized carbons (Fsp3) is 0.333. The normalized spacial score (nSPS) is 16.9. The Hall–Kier alpha value is -2.62. The first-order valence-electron chi connectivity index (χ1n) is 8.77. The van der Waals surface area contributed by atoms with E-state index in [4.69, 9.17) is 5.11 Å². The van der Waals surface area contributed by atoms with Gasteiger partial charge < -0.3 is 10.4 Å². The van der Waals surface area contributed by atoms with Crippen LogP contribution in [-0.4, -0.2) is 23.0 Å². The number of carbonyl (C=O) groups is 2. The minimum Gasteiger partial charge on any atom is -0.481 e. The third-order valence-electron chi connectivity index (χ3n) is 4.83. The van der Waals surface area contributed by atoms with Crippen molar-refractivity contribution in [2.75, 3.05) is 0 Å². The summed E-state index contributed by atoms with van der Waals surface area (Å²) in [6, 6.07) is 17.8. The van der Waals surface area contributed by atoms with Gasteiger partial charge in [-0.2, -0.15) is 0 Å². The van der Waals surface area contributed by atoms with Crippen LogP contribution >= 0.6 is 0 Å². The number of rotatable bonds is 7. The molecule has 2 N–H and O–H groups in total. The maximum atomic E-state index is 12.8. The molecule has 3 rings (SSSR count). The average Bonchev–Trinajstić information content (AvgIpc) is 3.04. The van der Waals surface area contributed by atoms with E-state index in [1.54, 1.807) is 0 Å². The molecule has 0 bridgehead atoms. The Morgan fingerprint density at radius 2 is 1.80 bits per heavy atom. The summed E-state index contributed by atoms with van der Waals surface area (Å²) in [6.07, 6.45) is 2.88. The van der Waals surface area contributed by atoms with Crippen molar-refractivity contribution in [2.45, 2.75) is 44.1 Å². The monoisotopic (exact) mass is 337 g/mol. The number of aryl methyl sites for hydroxylation is 1. The molecule has 0 spiro atoms. The molecular formula is C21H23NO3. The van der Waals surface area contributed by atoms with Crippen molar-refractivity contribution in [3.05, 3.63) is 71.3 Å². The number of nitrogens with one attached hydrogen (secondary N) is 1. The van der Waals surface area contributed by atoms with Crippen LogP contribution in [0.25, 0.3) is 0 Å². The lowest BCUT2D eigenvalue weighted by Crippen LogP contribution is -2.39. The quantitative estimate of drug-likeness (QED) is 0.814. The molecule has 4 nitrogen and oxygen atoms in total. The second kappa shape index (κ2) is 7.97. The van der Waals surface area contributed by atoms with Gasteiger partial charge in [-0.25, -0.2) is 0 Å². The summed E-state index contributed by atoms with van der Waals surface area (Å²) in [5, 5.41) is 12.1. The number of amides is 1. The third-order valence-corrected chi connectivity index (χ3v) is 4.83. The van der Waals surface area contributed by atoms with Crippen molar-refractivity contribution in [1.82, 2.24) is 5.32 Å². The van der Waals surface area contributed by atoms with Crippen LogP contribution in [0, 0.1) is 0 Å². The van der Waals surface area contributed by atoms with Crippen LogP contribution in [-0.2, 0) is 22.4 Å². The van der Waals surface area contributed by atoms with Gasteiger partial charge >= 0.3 is 5.97 Å². The Bertz CT molecular complexity index is 742. The third kappa shape index (κ3) is 4.47. The van der Waals surface area contributed by atoms with Gasteiger partial charge in [-0.05, 0) is 42.4 Å². The Labute approximate surface area is 147 Å². The van der Waals surface area contributed by atoms with Gasteiger partial charge in [0.1, 0.15) is 0 Å². The molecular weight excluding hydrogens is 314 g/mol. The highest BCUT2D eigenvalue weighted by atomic mass is 16.4. The highest BCUT2D eigenvalue weighted by Crippen LogP contribution is 2.33. The molecule has 1 aliphatic carbocycles. The predicted molar refractivity (Wildman–Crippen MR) is 96.5 cm³/mol. The molecule has 25 heavy (non-hydrogen) atoms. The van der Waals surface area contributed by atoms with Crippen molar-refractivity contribution in [2.24, 2.45) is 0 Å². The zero-order valence-corrected chi connectivity index (χ0v) is 14.2. The minimum atomic E-state index is -0.835. The first kappa shape index (κ1) is 17.2. The van der Waals surface area contributed by atoms with E-state index >= 15 is 0 Å². The maximum Gasteiger partial charge on any atom is 0.303 e. The molecule has 0 radical (unpaired) electrons. The summed E-state index contributed by atoms with van der Waals surface area (Å²) in [4.78, 5) is 23.7. The summed E-state index contributed by atoms with van der Waals surface area (Å²) < 4.78 is 0. The highest BCUT2D eigenvalue weighted by Gasteiger charge is 2.29. The fourth-order valence-electron chi connectivity index (χ4n) is 3.55. The van der Waals surface area contributed by atoms with Gasteiger partial charge in [-0.1, -0.05) is 54.6 Å². The Morgan fingerprint density at radius 1 is 1.08 bits per heavy atom. The lowest BCUT2D eigenvalue weighted by molar-refractivity contribution is -0.137. The van der Waals surface area contributed by atoms with Gasteiger partial charge in [0.05, 0.1) is 5.92 Å². The number of carboxylic acids is 1. The Morgan fingerprint density at radius 3 is 2.56 bits per heavy atom. The topological polar surface area (TPSA) is 66.4 Å². The number of benzene rings is 2. The van der Waals surface area contributed by atoms with Crippen molar-refractivity contribution >= 4 is 11.9 Å². The van der Waals surface area contributed by atoms with Gasteiger partial charge in [0.15, 0.2) is 0 Å². The van der Waals surface area contributed by atoms with E-state index in [1.807, 2.05) is 48.5 Å². The average molecular weight is 337 g/mol. The Kier molecular flexibility index (Phi) is 5.49. The van der Waals surface area contributed by atoms with Crippen LogP contribution in [0.2, 0.25) is 0 Å². The lowest BCUT2D eigenvalue weighted by Gasteiger charge is -2.21. The predicted octanol–water partition coefficient (Wildman–Crippen LogP) is 3.31. The smallest absolute Gasteiger partial charge is 0.303 e. The first-order chi connectivity index (χ1) is 12.1. The lowest BCUT2D eigenvalue weighted by atomic mass is 9.97. The van der Waals surface area contributed by atoms with E-state index < -0.39 is 5.97 Å². The van der Waals surface area contributed by atoms with Gasteiger partial charge in [0.2, 0.25) is 5.91 Å². The van der Waals surface area contributed by atoms with Crippen LogP contribution in [0.5, 0.6) is 0 Å². The molecule has 2 atom stereocenters. The number of fused-ring (bicyclic) bond motifs is 1. The molecule has 2 aromatic rings. The van der Waals surface area contributed by atoms with Crippen molar-refractivity contribution < 1.29 is 14.7 Å². The molecule has 2 unspecified atom stereocenters. The number of hydrogen-bond donors (Lipinski definition) is 2. The maximum absolute atomic E-state index is 12.8. The zero-order chi connectivity index (χ0) is 17.6. The summed E-state index contributed by atoms with van der Waals surface area (Å²) >= 11 is 0. The molecule has 1 aliphatic rings. The van der Waals surface area contributed by atoms with Crippen LogP contribution in [0.3, 0.4) is 0 Å². The molecule has 1 amide bonds. The first-order valence-corrected chi connectivity index (χ1v) is 8.77. The minimum absolute atomic E-state index is 0.0104. The molecule has 0 fully saturated rings. The number of carbonyl (C=O) groups excluding carboxylic acids is 1. The van der Waals surface area contributed by atoms with Crippen LogP contribution in [0.15, 0.2) is 54.6 Å². The summed E-state index contributed by atoms with van der Waals surface area (Å²) in [5.74, 6) is -0.950. The number of hydrogen-bond acceptors (Lipinski definition) is 2. The van der Waals surface area contributed by atoms with Crippen LogP contribution in [0.4, 0.5) is 0 Å². The van der Waals surface area contributed by atoms with E-state index in [1.165, 1.54) is 5.56 Å². The molecule has 2 aromatic carbocycles. The standard InChI is InChI=1S/C21H23NO3/c23-20(24)13-11-17(14-15-6-2-1-3-7-15)22-21(25)19-12-10-16-8-4-5-9-18(16)19/h1-9,17,19H,10-14H2,(H,22,25)(H,23,24). The Balaban J connectivity index is 1.69. The SMILES string of the molecule is O=C(O)CCC(Cc1ccccc1)NC(=O)C1CCc2ccccc21. The fourth-order valence-corrected chi connectivity index (χ4v) is 3.55. The van der Waals surface area contributed by atoms with Crippen molar-refractivity contribution in [3.8, 4) is 0 Å². The molecule has 0 saturated heterocycles. The zero-order valence-electron chi connectivity index (χ0n) is 14.2. The van der Waals surface area contributed by atoms with Gasteiger partial charge in [0, 0.05) is 12.5 Å². The van der Waals surface area contributed by atoms with Crippen molar-refractivity contribution in [3.63, 3.8) is 0 Å². The van der Waals surface area contributed by atoms with Crippen LogP contribution < -0.4 is 5.32 Å². The molecule has 130 valence electrons. The van der Waals surface area contributed by atoms with Gasteiger partial charge in [-0.3, -0.25) is 9.59 Å². The van der Waals surface area contributed by atoms with Gasteiger partial charge in [-0.15, -0.1) is 0 Å². The van der Waals surface area contributed by atoms with E-state index in [9.17, 15) is 9.59 Å². The number of aliphatic carboxylic acids is 1. The van der Waals surface area contributed by atoms with Crippen molar-refractivity contribution in [1.29, 1.82) is 0 Å². The summed E-state index contributed by atoms with van der Waals surface area (Å²) in [5.41, 5.74) is 3.45. The molecule has 0 aliphatic heterocycles. The molecule has 4 heteroatoms. The second-order valence-corrected chi connectivity index (χ2v) is 6.62. The molecule has 0 heterocycles. The number of carboxylic acid groups (broad SMARTS) is 1. The van der Waals surface area contributed by atoms with E-state index in [0.717, 1.165) is 24.0 Å².